The maximum absolute atomic E-state index is 12.9. The third-order valence-corrected chi connectivity index (χ3v) is 5.30. The molecule has 5 nitrogen and oxygen atoms in total. The minimum Gasteiger partial charge on any atom is -0.463 e. The van der Waals surface area contributed by atoms with Crippen LogP contribution in [0.25, 0.3) is 0 Å². The van der Waals surface area contributed by atoms with E-state index in [1.807, 2.05) is 18.9 Å². The molecular weight excluding hydrogens is 290 g/mol. The number of hydrogen-bond donors (Lipinski definition) is 1. The molecule has 2 atom stereocenters. The van der Waals surface area contributed by atoms with Gasteiger partial charge in [-0.15, -0.1) is 0 Å². The molecule has 3 heterocycles. The normalized spacial score (nSPS) is 34.8. The van der Waals surface area contributed by atoms with Crippen molar-refractivity contribution in [2.75, 3.05) is 33.3 Å². The first-order chi connectivity index (χ1) is 10.4. The Morgan fingerprint density at radius 3 is 2.91 bits per heavy atom. The van der Waals surface area contributed by atoms with Gasteiger partial charge in [-0.25, -0.2) is 4.99 Å². The van der Waals surface area contributed by atoms with Crippen LogP contribution in [-0.2, 0) is 4.74 Å². The zero-order chi connectivity index (χ0) is 16.0. The van der Waals surface area contributed by atoms with Crippen molar-refractivity contribution in [3.05, 3.63) is 11.7 Å². The lowest BCUT2D eigenvalue weighted by molar-refractivity contribution is 0.0934. The SMILES string of the molecule is CN1C(OCC23CCCN2CC(=C(F)F)C3)=NCC1(C)C=N. The maximum atomic E-state index is 12.9. The molecule has 3 aliphatic heterocycles. The Labute approximate surface area is 129 Å². The molecule has 0 bridgehead atoms. The van der Waals surface area contributed by atoms with Gasteiger partial charge in [-0.2, -0.15) is 8.78 Å². The third kappa shape index (κ3) is 2.31. The van der Waals surface area contributed by atoms with E-state index in [2.05, 4.69) is 9.89 Å². The lowest BCUT2D eigenvalue weighted by Crippen LogP contribution is -2.48. The Hall–Kier alpha value is -1.50. The molecule has 0 radical (unpaired) electrons. The minimum atomic E-state index is -1.54. The van der Waals surface area contributed by atoms with E-state index in [1.54, 1.807) is 0 Å². The third-order valence-electron chi connectivity index (χ3n) is 5.30. The number of hydrogen-bond acceptors (Lipinski definition) is 5. The van der Waals surface area contributed by atoms with Crippen LogP contribution in [0, 0.1) is 5.41 Å². The van der Waals surface area contributed by atoms with Crippen molar-refractivity contribution >= 4 is 12.2 Å². The summed E-state index contributed by atoms with van der Waals surface area (Å²) in [7, 11) is 1.85. The maximum Gasteiger partial charge on any atom is 0.288 e. The summed E-state index contributed by atoms with van der Waals surface area (Å²) in [6, 6.07) is 0.505. The summed E-state index contributed by atoms with van der Waals surface area (Å²) < 4.78 is 31.7. The van der Waals surface area contributed by atoms with Crippen molar-refractivity contribution in [1.29, 1.82) is 5.41 Å². The number of nitrogens with one attached hydrogen (secondary N) is 1. The van der Waals surface area contributed by atoms with Crippen LogP contribution in [0.4, 0.5) is 8.78 Å². The first-order valence-corrected chi connectivity index (χ1v) is 7.61. The van der Waals surface area contributed by atoms with E-state index in [9.17, 15) is 8.78 Å². The fourth-order valence-electron chi connectivity index (χ4n) is 3.61. The summed E-state index contributed by atoms with van der Waals surface area (Å²) in [6.45, 7) is 3.99. The molecule has 22 heavy (non-hydrogen) atoms. The highest BCUT2D eigenvalue weighted by Crippen LogP contribution is 2.43. The van der Waals surface area contributed by atoms with Crippen molar-refractivity contribution in [3.63, 3.8) is 0 Å². The van der Waals surface area contributed by atoms with Crippen LogP contribution in [0.5, 0.6) is 0 Å². The van der Waals surface area contributed by atoms with Gasteiger partial charge in [0.25, 0.3) is 12.1 Å². The van der Waals surface area contributed by atoms with E-state index in [-0.39, 0.29) is 11.1 Å². The zero-order valence-corrected chi connectivity index (χ0v) is 13.0. The number of rotatable bonds is 3. The van der Waals surface area contributed by atoms with Gasteiger partial charge in [0.05, 0.1) is 17.6 Å². The standard InChI is InChI=1S/C15H22F2N4O/c1-14(8-18)9-19-13(20(14)2)22-10-15-4-3-5-21(15)7-11(6-15)12(16)17/h8,18H,3-7,9-10H2,1-2H3. The number of fused-ring (bicyclic) bond motifs is 1. The van der Waals surface area contributed by atoms with Crippen LogP contribution in [0.15, 0.2) is 16.6 Å². The lowest BCUT2D eigenvalue weighted by Gasteiger charge is -2.34. The van der Waals surface area contributed by atoms with Crippen molar-refractivity contribution in [2.24, 2.45) is 4.99 Å². The molecule has 2 fully saturated rings. The van der Waals surface area contributed by atoms with Crippen LogP contribution in [-0.4, -0.2) is 66.4 Å². The highest BCUT2D eigenvalue weighted by atomic mass is 19.3. The van der Waals surface area contributed by atoms with Gasteiger partial charge in [0.15, 0.2) is 0 Å². The average Bonchev–Trinajstić information content (AvgIpc) is 3.10. The molecule has 3 rings (SSSR count). The Balaban J connectivity index is 1.69. The Bertz CT molecular complexity index is 546. The van der Waals surface area contributed by atoms with Crippen molar-refractivity contribution in [3.8, 4) is 0 Å². The average molecular weight is 312 g/mol. The number of likely N-dealkylation sites (N-methyl/N-ethyl adjacent to an activating group) is 1. The molecule has 3 aliphatic rings. The fraction of sp³-hybridized carbons (Fsp3) is 0.733. The monoisotopic (exact) mass is 312 g/mol. The summed E-state index contributed by atoms with van der Waals surface area (Å²) in [5.74, 6) is 0. The van der Waals surface area contributed by atoms with Crippen LogP contribution in [0.3, 0.4) is 0 Å². The predicted molar refractivity (Wildman–Crippen MR) is 80.6 cm³/mol. The molecule has 0 aromatic rings. The quantitative estimate of drug-likeness (QED) is 0.812. The van der Waals surface area contributed by atoms with Gasteiger partial charge in [0, 0.05) is 25.4 Å². The fourth-order valence-corrected chi connectivity index (χ4v) is 3.61. The van der Waals surface area contributed by atoms with Gasteiger partial charge in [-0.3, -0.25) is 4.90 Å². The van der Waals surface area contributed by atoms with E-state index in [4.69, 9.17) is 10.1 Å². The molecule has 2 unspecified atom stereocenters. The topological polar surface area (TPSA) is 51.9 Å². The summed E-state index contributed by atoms with van der Waals surface area (Å²) in [4.78, 5) is 8.32. The molecule has 1 N–H and O–H groups in total. The Kier molecular flexibility index (Phi) is 3.71. The smallest absolute Gasteiger partial charge is 0.288 e. The highest BCUT2D eigenvalue weighted by molar-refractivity contribution is 5.84. The van der Waals surface area contributed by atoms with Crippen LogP contribution < -0.4 is 0 Å². The first kappa shape index (κ1) is 15.4. The molecule has 2 saturated heterocycles. The van der Waals surface area contributed by atoms with Gasteiger partial charge >= 0.3 is 0 Å². The van der Waals surface area contributed by atoms with Crippen molar-refractivity contribution in [2.45, 2.75) is 37.3 Å². The van der Waals surface area contributed by atoms with E-state index in [1.165, 1.54) is 6.21 Å². The van der Waals surface area contributed by atoms with E-state index >= 15 is 0 Å². The number of nitrogens with zero attached hydrogens (tertiary/aromatic N) is 3. The van der Waals surface area contributed by atoms with Crippen LogP contribution in [0.2, 0.25) is 0 Å². The first-order valence-electron chi connectivity index (χ1n) is 7.61. The second-order valence-electron chi connectivity index (χ2n) is 6.74. The summed E-state index contributed by atoms with van der Waals surface area (Å²) in [5.41, 5.74) is -0.519. The minimum absolute atomic E-state index is 0.245. The highest BCUT2D eigenvalue weighted by Gasteiger charge is 2.49. The van der Waals surface area contributed by atoms with Gasteiger partial charge in [0.1, 0.15) is 6.61 Å². The van der Waals surface area contributed by atoms with Crippen molar-refractivity contribution in [1.82, 2.24) is 9.80 Å². The Morgan fingerprint density at radius 1 is 1.50 bits per heavy atom. The molecule has 0 amide bonds. The number of halogens is 2. The van der Waals surface area contributed by atoms with Gasteiger partial charge < -0.3 is 15.0 Å². The van der Waals surface area contributed by atoms with E-state index in [0.29, 0.717) is 32.1 Å². The molecule has 0 saturated carbocycles. The molecule has 7 heteroatoms. The van der Waals surface area contributed by atoms with Crippen LogP contribution >= 0.6 is 0 Å². The van der Waals surface area contributed by atoms with E-state index < -0.39 is 11.6 Å². The lowest BCUT2D eigenvalue weighted by atomic mass is 9.94. The number of amidine groups is 1. The second-order valence-corrected chi connectivity index (χ2v) is 6.74. The van der Waals surface area contributed by atoms with Crippen molar-refractivity contribution < 1.29 is 13.5 Å². The second kappa shape index (κ2) is 5.30. The van der Waals surface area contributed by atoms with E-state index in [0.717, 1.165) is 19.4 Å². The molecular formula is C15H22F2N4O. The molecule has 0 aromatic carbocycles. The largest absolute Gasteiger partial charge is 0.463 e. The summed E-state index contributed by atoms with van der Waals surface area (Å²) in [6.07, 6.45) is 2.10. The van der Waals surface area contributed by atoms with Gasteiger partial charge in [0.2, 0.25) is 0 Å². The number of ether oxygens (including phenoxy) is 1. The molecule has 122 valence electrons. The molecule has 0 aliphatic carbocycles. The van der Waals surface area contributed by atoms with Crippen LogP contribution in [0.1, 0.15) is 26.2 Å². The summed E-state index contributed by atoms with van der Waals surface area (Å²) in [5, 5.41) is 7.51. The number of aliphatic imine (C=N–C) groups is 1. The van der Waals surface area contributed by atoms with Gasteiger partial charge in [-0.1, -0.05) is 0 Å². The Morgan fingerprint density at radius 2 is 2.27 bits per heavy atom. The predicted octanol–water partition coefficient (Wildman–Crippen LogP) is 2.10. The molecule has 0 aromatic heterocycles. The molecule has 0 spiro atoms. The summed E-state index contributed by atoms with van der Waals surface area (Å²) >= 11 is 0. The zero-order valence-electron chi connectivity index (χ0n) is 13.0. The van der Waals surface area contributed by atoms with Gasteiger partial charge in [-0.05, 0) is 32.7 Å².